The molecule has 3 nitrogen and oxygen atoms in total. The molecule has 0 bridgehead atoms. The van der Waals surface area contributed by atoms with Crippen molar-refractivity contribution in [3.8, 4) is 23.1 Å². The second kappa shape index (κ2) is 4.11. The molecule has 0 amide bonds. The maximum absolute atomic E-state index is 8.88. The fourth-order valence-electron chi connectivity index (χ4n) is 1.30. The zero-order valence-corrected chi connectivity index (χ0v) is 8.91. The molecule has 0 aliphatic carbocycles. The molecule has 4 heteroatoms. The minimum atomic E-state index is 0.628. The van der Waals surface area contributed by atoms with Crippen molar-refractivity contribution in [3.05, 3.63) is 34.7 Å². The Labute approximate surface area is 91.6 Å². The van der Waals surface area contributed by atoms with Gasteiger partial charge in [-0.25, -0.2) is 4.98 Å². The number of aromatic nitrogens is 1. The molecule has 0 aliphatic rings. The van der Waals surface area contributed by atoms with E-state index in [1.807, 2.05) is 24.3 Å². The molecule has 2 rings (SSSR count). The van der Waals surface area contributed by atoms with Crippen molar-refractivity contribution in [1.29, 1.82) is 5.26 Å². The van der Waals surface area contributed by atoms with Crippen molar-refractivity contribution in [1.82, 2.24) is 4.98 Å². The summed E-state index contributed by atoms with van der Waals surface area (Å²) in [7, 11) is 1.62. The van der Waals surface area contributed by atoms with Crippen LogP contribution in [0.25, 0.3) is 11.3 Å². The summed E-state index contributed by atoms with van der Waals surface area (Å²) >= 11 is 1.34. The number of rotatable bonds is 2. The van der Waals surface area contributed by atoms with Crippen LogP contribution < -0.4 is 4.74 Å². The Morgan fingerprint density at radius 1 is 1.47 bits per heavy atom. The molecular weight excluding hydrogens is 208 g/mol. The summed E-state index contributed by atoms with van der Waals surface area (Å²) in [5.41, 5.74) is 3.31. The molecule has 15 heavy (non-hydrogen) atoms. The van der Waals surface area contributed by atoms with Gasteiger partial charge >= 0.3 is 0 Å². The average Bonchev–Trinajstić information content (AvgIpc) is 2.77. The Morgan fingerprint density at radius 2 is 2.33 bits per heavy atom. The lowest BCUT2D eigenvalue weighted by atomic mass is 10.1. The minimum absolute atomic E-state index is 0.628. The monoisotopic (exact) mass is 216 g/mol. The number of hydrogen-bond donors (Lipinski definition) is 0. The van der Waals surface area contributed by atoms with Gasteiger partial charge in [0.15, 0.2) is 0 Å². The number of methoxy groups -OCH3 is 1. The number of nitrogens with zero attached hydrogens (tertiary/aromatic N) is 2. The molecule has 2 aromatic rings. The van der Waals surface area contributed by atoms with Gasteiger partial charge in [0, 0.05) is 5.56 Å². The number of hydrogen-bond acceptors (Lipinski definition) is 4. The van der Waals surface area contributed by atoms with Crippen LogP contribution in [0.4, 0.5) is 0 Å². The molecule has 74 valence electrons. The van der Waals surface area contributed by atoms with E-state index in [1.165, 1.54) is 11.3 Å². The number of ether oxygens (including phenoxy) is 1. The lowest BCUT2D eigenvalue weighted by molar-refractivity contribution is 0.415. The van der Waals surface area contributed by atoms with Crippen LogP contribution in [0.15, 0.2) is 29.8 Å². The molecule has 0 aliphatic heterocycles. The smallest absolute Gasteiger partial charge is 0.132 e. The van der Waals surface area contributed by atoms with Gasteiger partial charge in [-0.3, -0.25) is 0 Å². The predicted molar refractivity (Wildman–Crippen MR) is 58.8 cm³/mol. The van der Waals surface area contributed by atoms with Crippen molar-refractivity contribution >= 4 is 11.3 Å². The normalized spacial score (nSPS) is 9.60. The quantitative estimate of drug-likeness (QED) is 0.775. The zero-order valence-electron chi connectivity index (χ0n) is 8.10. The van der Waals surface area contributed by atoms with Gasteiger partial charge in [-0.15, -0.1) is 11.3 Å². The van der Waals surface area contributed by atoms with E-state index in [0.29, 0.717) is 4.88 Å². The zero-order chi connectivity index (χ0) is 10.7. The van der Waals surface area contributed by atoms with Gasteiger partial charge in [0.1, 0.15) is 16.7 Å². The van der Waals surface area contributed by atoms with E-state index in [4.69, 9.17) is 10.00 Å². The van der Waals surface area contributed by atoms with Crippen molar-refractivity contribution < 1.29 is 4.74 Å². The Kier molecular flexibility index (Phi) is 2.66. The van der Waals surface area contributed by atoms with Gasteiger partial charge in [0.25, 0.3) is 0 Å². The third-order valence-electron chi connectivity index (χ3n) is 2.01. The largest absolute Gasteiger partial charge is 0.497 e. The van der Waals surface area contributed by atoms with E-state index in [-0.39, 0.29) is 0 Å². The number of benzene rings is 1. The minimum Gasteiger partial charge on any atom is -0.497 e. The average molecular weight is 216 g/mol. The SMILES string of the molecule is COc1cccc(-c2ncsc2C#N)c1. The highest BCUT2D eigenvalue weighted by Gasteiger charge is 2.08. The van der Waals surface area contributed by atoms with Crippen LogP contribution in [0.2, 0.25) is 0 Å². The molecule has 0 spiro atoms. The van der Waals surface area contributed by atoms with E-state index >= 15 is 0 Å². The molecule has 1 heterocycles. The summed E-state index contributed by atoms with van der Waals surface area (Å²) in [5.74, 6) is 0.768. The summed E-state index contributed by atoms with van der Waals surface area (Å²) in [5, 5.41) is 8.88. The topological polar surface area (TPSA) is 45.9 Å². The molecule has 0 saturated carbocycles. The molecule has 0 unspecified atom stereocenters. The van der Waals surface area contributed by atoms with E-state index in [1.54, 1.807) is 12.6 Å². The third kappa shape index (κ3) is 1.83. The van der Waals surface area contributed by atoms with Crippen molar-refractivity contribution in [2.24, 2.45) is 0 Å². The number of nitriles is 1. The lowest BCUT2D eigenvalue weighted by Crippen LogP contribution is -1.85. The summed E-state index contributed by atoms with van der Waals surface area (Å²) in [4.78, 5) is 4.80. The van der Waals surface area contributed by atoms with E-state index in [9.17, 15) is 0 Å². The molecule has 0 saturated heterocycles. The first-order valence-corrected chi connectivity index (χ1v) is 5.21. The molecule has 1 aromatic carbocycles. The Bertz CT molecular complexity index is 513. The first kappa shape index (κ1) is 9.69. The van der Waals surface area contributed by atoms with Gasteiger partial charge < -0.3 is 4.74 Å². The van der Waals surface area contributed by atoms with Crippen LogP contribution >= 0.6 is 11.3 Å². The highest BCUT2D eigenvalue weighted by Crippen LogP contribution is 2.27. The maximum Gasteiger partial charge on any atom is 0.132 e. The van der Waals surface area contributed by atoms with Crippen molar-refractivity contribution in [3.63, 3.8) is 0 Å². The van der Waals surface area contributed by atoms with E-state index in [0.717, 1.165) is 17.0 Å². The van der Waals surface area contributed by atoms with Gasteiger partial charge in [-0.1, -0.05) is 12.1 Å². The lowest BCUT2D eigenvalue weighted by Gasteiger charge is -2.01. The van der Waals surface area contributed by atoms with Crippen LogP contribution in [0.3, 0.4) is 0 Å². The van der Waals surface area contributed by atoms with Crippen molar-refractivity contribution in [2.75, 3.05) is 7.11 Å². The fraction of sp³-hybridized carbons (Fsp3) is 0.0909. The number of thiazole rings is 1. The first-order valence-electron chi connectivity index (χ1n) is 4.33. The first-order chi connectivity index (χ1) is 7.35. The van der Waals surface area contributed by atoms with Gasteiger partial charge in [-0.05, 0) is 12.1 Å². The highest BCUT2D eigenvalue weighted by atomic mass is 32.1. The second-order valence-corrected chi connectivity index (χ2v) is 3.73. The second-order valence-electron chi connectivity index (χ2n) is 2.87. The molecule has 0 N–H and O–H groups in total. The van der Waals surface area contributed by atoms with Crippen LogP contribution in [-0.2, 0) is 0 Å². The van der Waals surface area contributed by atoms with Crippen LogP contribution in [0, 0.1) is 11.3 Å². The highest BCUT2D eigenvalue weighted by molar-refractivity contribution is 7.10. The summed E-state index contributed by atoms with van der Waals surface area (Å²) < 4.78 is 5.12. The van der Waals surface area contributed by atoms with Gasteiger partial charge in [0.05, 0.1) is 18.3 Å². The van der Waals surface area contributed by atoms with Crippen LogP contribution in [-0.4, -0.2) is 12.1 Å². The molecule has 0 atom stereocenters. The molecule has 0 fully saturated rings. The van der Waals surface area contributed by atoms with E-state index < -0.39 is 0 Å². The Morgan fingerprint density at radius 3 is 3.07 bits per heavy atom. The fourth-order valence-corrected chi connectivity index (χ4v) is 1.90. The van der Waals surface area contributed by atoms with Gasteiger partial charge in [0.2, 0.25) is 0 Å². The Hall–Kier alpha value is -1.86. The molecule has 1 aromatic heterocycles. The molecular formula is C11H8N2OS. The standard InChI is InChI=1S/C11H8N2OS/c1-14-9-4-2-3-8(5-9)11-10(6-12)15-7-13-11/h2-5,7H,1H3. The maximum atomic E-state index is 8.88. The molecule has 0 radical (unpaired) electrons. The Balaban J connectivity index is 2.50. The summed E-state index contributed by atoms with van der Waals surface area (Å²) in [6.07, 6.45) is 0. The van der Waals surface area contributed by atoms with Crippen molar-refractivity contribution in [2.45, 2.75) is 0 Å². The van der Waals surface area contributed by atoms with Crippen LogP contribution in [0.5, 0.6) is 5.75 Å². The van der Waals surface area contributed by atoms with Crippen LogP contribution in [0.1, 0.15) is 4.88 Å². The van der Waals surface area contributed by atoms with E-state index in [2.05, 4.69) is 11.1 Å². The third-order valence-corrected chi connectivity index (χ3v) is 2.74. The predicted octanol–water partition coefficient (Wildman–Crippen LogP) is 2.69. The van der Waals surface area contributed by atoms with Gasteiger partial charge in [-0.2, -0.15) is 5.26 Å². The summed E-state index contributed by atoms with van der Waals surface area (Å²) in [6.45, 7) is 0. The summed E-state index contributed by atoms with van der Waals surface area (Å²) in [6, 6.07) is 9.66.